The number of Topliss-reactive ketones (excluding diaryl/α,β-unsaturated/α-hetero) is 1. The average molecular weight is 335 g/mol. The number of benzene rings is 1. The molecule has 1 saturated carbocycles. The summed E-state index contributed by atoms with van der Waals surface area (Å²) in [5.74, 6) is 1.92. The van der Waals surface area contributed by atoms with E-state index in [1.54, 1.807) is 25.3 Å². The molecule has 0 aliphatic heterocycles. The first-order chi connectivity index (χ1) is 10.6. The highest BCUT2D eigenvalue weighted by atomic mass is 35.5. The molecule has 0 saturated heterocycles. The lowest BCUT2D eigenvalue weighted by Gasteiger charge is -2.10. The molecule has 3 rings (SSSR count). The number of hydrogen-bond donors (Lipinski definition) is 0. The van der Waals surface area contributed by atoms with E-state index in [0.717, 1.165) is 28.6 Å². The highest BCUT2D eigenvalue weighted by Gasteiger charge is 2.27. The fourth-order valence-electron chi connectivity index (χ4n) is 2.07. The molecule has 0 atom stereocenters. The monoisotopic (exact) mass is 334 g/mol. The van der Waals surface area contributed by atoms with Crippen LogP contribution in [0.1, 0.15) is 41.9 Å². The zero-order valence-corrected chi connectivity index (χ0v) is 13.9. The van der Waals surface area contributed by atoms with Crippen LogP contribution in [0.15, 0.2) is 34.2 Å². The quantitative estimate of drug-likeness (QED) is 0.600. The summed E-state index contributed by atoms with van der Waals surface area (Å²) in [6.45, 7) is 1.54. The molecule has 0 amide bonds. The summed E-state index contributed by atoms with van der Waals surface area (Å²) in [5, 5.41) is 1.24. The summed E-state index contributed by atoms with van der Waals surface area (Å²) in [4.78, 5) is 21.2. The number of carbonyl (C=O) groups excluding carboxylic acids is 1. The highest BCUT2D eigenvalue weighted by molar-refractivity contribution is 7.99. The summed E-state index contributed by atoms with van der Waals surface area (Å²) >= 11 is 7.55. The van der Waals surface area contributed by atoms with Gasteiger partial charge >= 0.3 is 0 Å². The smallest absolute Gasteiger partial charge is 0.159 e. The minimum Gasteiger partial charge on any atom is -0.496 e. The molecule has 0 bridgehead atoms. The van der Waals surface area contributed by atoms with E-state index in [1.807, 2.05) is 6.07 Å². The van der Waals surface area contributed by atoms with Crippen LogP contribution in [-0.2, 0) is 0 Å². The minimum absolute atomic E-state index is 0.0101. The molecule has 1 aromatic carbocycles. The molecule has 0 spiro atoms. The van der Waals surface area contributed by atoms with Crippen LogP contribution < -0.4 is 4.74 Å². The summed E-state index contributed by atoms with van der Waals surface area (Å²) in [6.07, 6.45) is 2.25. The molecule has 0 unspecified atom stereocenters. The number of aromatic nitrogens is 2. The third-order valence-electron chi connectivity index (χ3n) is 3.42. The molecule has 6 heteroatoms. The van der Waals surface area contributed by atoms with E-state index in [2.05, 4.69) is 9.97 Å². The van der Waals surface area contributed by atoms with E-state index in [0.29, 0.717) is 22.4 Å². The second-order valence-corrected chi connectivity index (χ2v) is 6.63. The summed E-state index contributed by atoms with van der Waals surface area (Å²) in [6, 6.07) is 7.15. The molecular formula is C16H15ClN2O2S. The molecule has 22 heavy (non-hydrogen) atoms. The van der Waals surface area contributed by atoms with Crippen molar-refractivity contribution in [2.24, 2.45) is 0 Å². The molecule has 1 aliphatic rings. The summed E-state index contributed by atoms with van der Waals surface area (Å²) in [5.41, 5.74) is 0.626. The van der Waals surface area contributed by atoms with Crippen molar-refractivity contribution in [2.45, 2.75) is 35.6 Å². The lowest BCUT2D eigenvalue weighted by molar-refractivity contribution is 0.101. The van der Waals surface area contributed by atoms with Crippen LogP contribution in [0.3, 0.4) is 0 Å². The lowest BCUT2D eigenvalue weighted by atomic mass is 10.1. The zero-order valence-electron chi connectivity index (χ0n) is 12.3. The third-order valence-corrected chi connectivity index (χ3v) is 4.58. The first kappa shape index (κ1) is 15.3. The van der Waals surface area contributed by atoms with Gasteiger partial charge in [-0.1, -0.05) is 29.4 Å². The Hall–Kier alpha value is -1.59. The van der Waals surface area contributed by atoms with Crippen molar-refractivity contribution in [3.63, 3.8) is 0 Å². The number of halogens is 1. The number of rotatable bonds is 5. The zero-order chi connectivity index (χ0) is 15.7. The van der Waals surface area contributed by atoms with Gasteiger partial charge in [-0.25, -0.2) is 9.97 Å². The van der Waals surface area contributed by atoms with Crippen LogP contribution in [0.5, 0.6) is 5.75 Å². The Balaban J connectivity index is 1.90. The molecule has 0 radical (unpaired) electrons. The number of methoxy groups -OCH3 is 1. The number of ketones is 1. The molecule has 1 heterocycles. The summed E-state index contributed by atoms with van der Waals surface area (Å²) in [7, 11) is 1.59. The Labute approximate surface area is 138 Å². The van der Waals surface area contributed by atoms with Crippen molar-refractivity contribution >= 4 is 29.1 Å². The predicted octanol–water partition coefficient (Wildman–Crippen LogP) is 4.37. The molecule has 4 nitrogen and oxygen atoms in total. The van der Waals surface area contributed by atoms with E-state index in [9.17, 15) is 4.79 Å². The van der Waals surface area contributed by atoms with Crippen molar-refractivity contribution in [1.29, 1.82) is 0 Å². The van der Waals surface area contributed by atoms with Crippen LogP contribution >= 0.6 is 23.4 Å². The Bertz CT molecular complexity index is 732. The van der Waals surface area contributed by atoms with E-state index < -0.39 is 0 Å². The number of hydrogen-bond acceptors (Lipinski definition) is 5. The molecule has 1 aliphatic carbocycles. The Morgan fingerprint density at radius 2 is 2.09 bits per heavy atom. The molecule has 0 N–H and O–H groups in total. The van der Waals surface area contributed by atoms with E-state index in [1.165, 1.54) is 18.7 Å². The fourth-order valence-corrected chi connectivity index (χ4v) is 3.24. The Morgan fingerprint density at radius 3 is 2.73 bits per heavy atom. The third kappa shape index (κ3) is 3.42. The molecular weight excluding hydrogens is 320 g/mol. The normalized spacial score (nSPS) is 14.0. The van der Waals surface area contributed by atoms with Crippen molar-refractivity contribution in [1.82, 2.24) is 9.97 Å². The molecule has 2 aromatic rings. The number of nitrogens with zero attached hydrogens (tertiary/aromatic N) is 2. The summed E-state index contributed by atoms with van der Waals surface area (Å²) < 4.78 is 5.38. The molecule has 1 fully saturated rings. The van der Waals surface area contributed by atoms with Gasteiger partial charge in [0.15, 0.2) is 5.78 Å². The van der Waals surface area contributed by atoms with Gasteiger partial charge in [0.05, 0.1) is 12.0 Å². The van der Waals surface area contributed by atoms with Crippen LogP contribution in [0.2, 0.25) is 5.15 Å². The van der Waals surface area contributed by atoms with Crippen molar-refractivity contribution in [2.75, 3.05) is 7.11 Å². The van der Waals surface area contributed by atoms with Gasteiger partial charge < -0.3 is 4.74 Å². The first-order valence-electron chi connectivity index (χ1n) is 6.98. The minimum atomic E-state index is 0.0101. The van der Waals surface area contributed by atoms with Crippen molar-refractivity contribution in [3.8, 4) is 5.75 Å². The van der Waals surface area contributed by atoms with Gasteiger partial charge in [-0.15, -0.1) is 0 Å². The molecule has 1 aromatic heterocycles. The van der Waals surface area contributed by atoms with Gasteiger partial charge in [0.1, 0.15) is 21.8 Å². The SMILES string of the molecule is COc1cc(C(C)=O)ccc1Sc1cc(Cl)nc(C2CC2)n1. The maximum Gasteiger partial charge on any atom is 0.159 e. The van der Waals surface area contributed by atoms with Crippen molar-refractivity contribution in [3.05, 3.63) is 40.8 Å². The van der Waals surface area contributed by atoms with Gasteiger partial charge in [-0.2, -0.15) is 0 Å². The topological polar surface area (TPSA) is 52.1 Å². The number of ether oxygens (including phenoxy) is 1. The van der Waals surface area contributed by atoms with Gasteiger partial charge in [0.2, 0.25) is 0 Å². The van der Waals surface area contributed by atoms with Crippen LogP contribution in [0.25, 0.3) is 0 Å². The first-order valence-corrected chi connectivity index (χ1v) is 8.17. The Kier molecular flexibility index (Phi) is 4.36. The van der Waals surface area contributed by atoms with E-state index in [-0.39, 0.29) is 5.78 Å². The van der Waals surface area contributed by atoms with Gasteiger partial charge in [0, 0.05) is 17.5 Å². The maximum atomic E-state index is 11.5. The molecule has 114 valence electrons. The van der Waals surface area contributed by atoms with Gasteiger partial charge in [-0.3, -0.25) is 4.79 Å². The van der Waals surface area contributed by atoms with Gasteiger partial charge in [-0.05, 0) is 31.9 Å². The predicted molar refractivity (Wildman–Crippen MR) is 86.1 cm³/mol. The van der Waals surface area contributed by atoms with E-state index in [4.69, 9.17) is 16.3 Å². The largest absolute Gasteiger partial charge is 0.496 e. The second kappa shape index (κ2) is 6.26. The van der Waals surface area contributed by atoms with Crippen LogP contribution in [-0.4, -0.2) is 22.9 Å². The fraction of sp³-hybridized carbons (Fsp3) is 0.312. The van der Waals surface area contributed by atoms with Crippen LogP contribution in [0.4, 0.5) is 0 Å². The van der Waals surface area contributed by atoms with E-state index >= 15 is 0 Å². The van der Waals surface area contributed by atoms with Crippen LogP contribution in [0, 0.1) is 0 Å². The highest BCUT2D eigenvalue weighted by Crippen LogP contribution is 2.40. The maximum absolute atomic E-state index is 11.5. The number of carbonyl (C=O) groups is 1. The van der Waals surface area contributed by atoms with Crippen molar-refractivity contribution < 1.29 is 9.53 Å². The lowest BCUT2D eigenvalue weighted by Crippen LogP contribution is -1.96. The van der Waals surface area contributed by atoms with Gasteiger partial charge in [0.25, 0.3) is 0 Å². The second-order valence-electron chi connectivity index (χ2n) is 5.19. The average Bonchev–Trinajstić information content (AvgIpc) is 3.31. The standard InChI is InChI=1S/C16H15ClN2O2S/c1-9(20)11-5-6-13(12(7-11)21-2)22-15-8-14(17)18-16(19-15)10-3-4-10/h5-8,10H,3-4H2,1-2H3. The Morgan fingerprint density at radius 1 is 1.32 bits per heavy atom.